The van der Waals surface area contributed by atoms with Crippen molar-refractivity contribution in [2.24, 2.45) is 5.41 Å². The molecule has 31 heavy (non-hydrogen) atoms. The highest BCUT2D eigenvalue weighted by Crippen LogP contribution is 2.37. The lowest BCUT2D eigenvalue weighted by Crippen LogP contribution is -2.49. The van der Waals surface area contributed by atoms with Crippen molar-refractivity contribution in [1.29, 1.82) is 0 Å². The molecule has 2 aliphatic heterocycles. The van der Waals surface area contributed by atoms with E-state index < -0.39 is 5.60 Å². The first kappa shape index (κ1) is 23.6. The molecule has 1 N–H and O–H groups in total. The zero-order valence-corrected chi connectivity index (χ0v) is 19.7. The topological polar surface area (TPSA) is 79.7 Å². The Labute approximate surface area is 186 Å². The van der Waals surface area contributed by atoms with Gasteiger partial charge in [0.15, 0.2) is 0 Å². The van der Waals surface area contributed by atoms with Gasteiger partial charge in [0.1, 0.15) is 11.3 Å². The zero-order chi connectivity index (χ0) is 22.5. The first-order valence-corrected chi connectivity index (χ1v) is 11.7. The van der Waals surface area contributed by atoms with Crippen molar-refractivity contribution in [3.05, 3.63) is 18.0 Å². The van der Waals surface area contributed by atoms with E-state index in [1.165, 1.54) is 0 Å². The van der Waals surface area contributed by atoms with E-state index in [-0.39, 0.29) is 17.4 Å². The van der Waals surface area contributed by atoms with Gasteiger partial charge < -0.3 is 19.9 Å². The second-order valence-electron chi connectivity index (χ2n) is 10.1. The number of hydrogen-bond donors (Lipinski definition) is 1. The van der Waals surface area contributed by atoms with E-state index in [1.807, 2.05) is 48.4 Å². The molecule has 1 fully saturated rings. The molecule has 0 saturated carbocycles. The second-order valence-corrected chi connectivity index (χ2v) is 10.1. The van der Waals surface area contributed by atoms with Gasteiger partial charge in [-0.3, -0.25) is 9.48 Å². The average molecular weight is 434 g/mol. The van der Waals surface area contributed by atoms with Crippen LogP contribution in [0.2, 0.25) is 0 Å². The summed E-state index contributed by atoms with van der Waals surface area (Å²) in [5, 5.41) is 7.92. The molecule has 2 aliphatic rings. The summed E-state index contributed by atoms with van der Waals surface area (Å²) in [6, 6.07) is 1.82. The van der Waals surface area contributed by atoms with E-state index in [4.69, 9.17) is 4.74 Å². The number of rotatable bonds is 0. The quantitative estimate of drug-likeness (QED) is 0.680. The van der Waals surface area contributed by atoms with Crippen molar-refractivity contribution in [1.82, 2.24) is 24.9 Å². The highest BCUT2D eigenvalue weighted by molar-refractivity contribution is 5.92. The van der Waals surface area contributed by atoms with Gasteiger partial charge >= 0.3 is 6.09 Å². The molecule has 0 aromatic carbocycles. The molecule has 0 unspecified atom stereocenters. The lowest BCUT2D eigenvalue weighted by Gasteiger charge is -2.44. The summed E-state index contributed by atoms with van der Waals surface area (Å²) >= 11 is 0. The maximum absolute atomic E-state index is 13.2. The standard InChI is InChI=1S/C23H39N5O3/c1-22(2,3)31-21(30)27-16-10-23(11-17-27)9-7-13-24-12-5-6-15-28-19(8-14-25-28)20(29)26(4)18-23/h8,14,24H,5-7,9-13,15-18H2,1-4H3. The number of nitrogens with zero attached hydrogens (tertiary/aromatic N) is 4. The lowest BCUT2D eigenvalue weighted by molar-refractivity contribution is 0.00369. The van der Waals surface area contributed by atoms with E-state index in [0.29, 0.717) is 25.3 Å². The van der Waals surface area contributed by atoms with E-state index in [9.17, 15) is 9.59 Å². The third kappa shape index (κ3) is 6.45. The minimum absolute atomic E-state index is 0.0135. The molecular weight excluding hydrogens is 394 g/mol. The van der Waals surface area contributed by atoms with Crippen molar-refractivity contribution in [3.63, 3.8) is 0 Å². The minimum atomic E-state index is -0.488. The number of nitrogens with one attached hydrogen (secondary N) is 1. The van der Waals surface area contributed by atoms with Crippen LogP contribution in [0, 0.1) is 5.41 Å². The van der Waals surface area contributed by atoms with Crippen molar-refractivity contribution >= 4 is 12.0 Å². The lowest BCUT2D eigenvalue weighted by atomic mass is 9.74. The monoisotopic (exact) mass is 433 g/mol. The number of piperidine rings is 1. The van der Waals surface area contributed by atoms with Crippen LogP contribution >= 0.6 is 0 Å². The third-order valence-electron chi connectivity index (χ3n) is 6.36. The van der Waals surface area contributed by atoms with Gasteiger partial charge in [0.25, 0.3) is 5.91 Å². The highest BCUT2D eigenvalue weighted by atomic mass is 16.6. The van der Waals surface area contributed by atoms with Crippen molar-refractivity contribution < 1.29 is 14.3 Å². The molecule has 8 nitrogen and oxygen atoms in total. The van der Waals surface area contributed by atoms with Crippen LogP contribution in [-0.2, 0) is 11.3 Å². The highest BCUT2D eigenvalue weighted by Gasteiger charge is 2.38. The van der Waals surface area contributed by atoms with Gasteiger partial charge in [-0.25, -0.2) is 4.79 Å². The predicted octanol–water partition coefficient (Wildman–Crippen LogP) is 3.14. The maximum atomic E-state index is 13.2. The molecule has 174 valence electrons. The molecule has 1 spiro atoms. The number of fused-ring (bicyclic) bond motifs is 1. The summed E-state index contributed by atoms with van der Waals surface area (Å²) in [4.78, 5) is 29.4. The van der Waals surface area contributed by atoms with Gasteiger partial charge in [-0.15, -0.1) is 0 Å². The molecular formula is C23H39N5O3. The molecule has 0 radical (unpaired) electrons. The van der Waals surface area contributed by atoms with Gasteiger partial charge in [-0.2, -0.15) is 5.10 Å². The number of aromatic nitrogens is 2. The number of likely N-dealkylation sites (tertiary alicyclic amines) is 1. The van der Waals surface area contributed by atoms with Crippen LogP contribution in [0.1, 0.15) is 69.8 Å². The Bertz CT molecular complexity index is 747. The fourth-order valence-electron chi connectivity index (χ4n) is 4.67. The fraction of sp³-hybridized carbons (Fsp3) is 0.783. The van der Waals surface area contributed by atoms with Crippen LogP contribution in [0.15, 0.2) is 12.3 Å². The van der Waals surface area contributed by atoms with Crippen LogP contribution < -0.4 is 5.32 Å². The molecule has 0 aliphatic carbocycles. The summed E-state index contributed by atoms with van der Waals surface area (Å²) in [5.41, 5.74) is 0.186. The Hall–Kier alpha value is -2.09. The number of amides is 2. The first-order valence-electron chi connectivity index (χ1n) is 11.7. The summed E-state index contributed by atoms with van der Waals surface area (Å²) in [7, 11) is 1.89. The van der Waals surface area contributed by atoms with E-state index >= 15 is 0 Å². The number of hydrogen-bond acceptors (Lipinski definition) is 5. The number of ether oxygens (including phenoxy) is 1. The Morgan fingerprint density at radius 1 is 1.10 bits per heavy atom. The molecule has 0 bridgehead atoms. The summed E-state index contributed by atoms with van der Waals surface area (Å²) < 4.78 is 7.40. The largest absolute Gasteiger partial charge is 0.444 e. The molecule has 0 atom stereocenters. The van der Waals surface area contributed by atoms with Crippen LogP contribution in [-0.4, -0.2) is 77.0 Å². The number of carbonyl (C=O) groups is 2. The maximum Gasteiger partial charge on any atom is 0.410 e. The van der Waals surface area contributed by atoms with Gasteiger partial charge in [-0.1, -0.05) is 0 Å². The van der Waals surface area contributed by atoms with Gasteiger partial charge in [-0.05, 0) is 83.9 Å². The van der Waals surface area contributed by atoms with E-state index in [0.717, 1.165) is 58.2 Å². The Balaban J connectivity index is 1.71. The Morgan fingerprint density at radius 3 is 2.52 bits per heavy atom. The SMILES string of the molecule is CN1CC2(CCCNCCCCn3nccc3C1=O)CCN(C(=O)OC(C)(C)C)CC2. The molecule has 2 amide bonds. The van der Waals surface area contributed by atoms with Crippen LogP contribution in [0.4, 0.5) is 4.79 Å². The second kappa shape index (κ2) is 10.0. The minimum Gasteiger partial charge on any atom is -0.444 e. The molecule has 1 aromatic rings. The predicted molar refractivity (Wildman–Crippen MR) is 120 cm³/mol. The van der Waals surface area contributed by atoms with Gasteiger partial charge in [0.05, 0.1) is 0 Å². The Kier molecular flexibility index (Phi) is 7.62. The summed E-state index contributed by atoms with van der Waals surface area (Å²) in [6.07, 6.45) is 7.42. The first-order chi connectivity index (χ1) is 14.7. The van der Waals surface area contributed by atoms with E-state index in [2.05, 4.69) is 10.4 Å². The summed E-state index contributed by atoms with van der Waals surface area (Å²) in [5.74, 6) is 0.0293. The number of carbonyl (C=O) groups excluding carboxylic acids is 2. The van der Waals surface area contributed by atoms with Crippen molar-refractivity contribution in [3.8, 4) is 0 Å². The van der Waals surface area contributed by atoms with Gasteiger partial charge in [0.2, 0.25) is 0 Å². The molecule has 1 aromatic heterocycles. The average Bonchev–Trinajstić information content (AvgIpc) is 3.16. The van der Waals surface area contributed by atoms with Crippen molar-refractivity contribution in [2.45, 2.75) is 71.4 Å². The molecule has 3 rings (SSSR count). The van der Waals surface area contributed by atoms with Crippen LogP contribution in [0.5, 0.6) is 0 Å². The van der Waals surface area contributed by atoms with Gasteiger partial charge in [0, 0.05) is 39.4 Å². The van der Waals surface area contributed by atoms with E-state index in [1.54, 1.807) is 6.20 Å². The fourth-order valence-corrected chi connectivity index (χ4v) is 4.67. The third-order valence-corrected chi connectivity index (χ3v) is 6.36. The van der Waals surface area contributed by atoms with Crippen molar-refractivity contribution in [2.75, 3.05) is 39.8 Å². The smallest absolute Gasteiger partial charge is 0.410 e. The Morgan fingerprint density at radius 2 is 1.81 bits per heavy atom. The zero-order valence-electron chi connectivity index (χ0n) is 19.7. The number of aryl methyl sites for hydroxylation is 1. The van der Waals surface area contributed by atoms with Crippen LogP contribution in [0.25, 0.3) is 0 Å². The molecule has 1 saturated heterocycles. The summed E-state index contributed by atoms with van der Waals surface area (Å²) in [6.45, 7) is 10.5. The molecule has 3 heterocycles. The molecule has 8 heteroatoms. The normalized spacial score (nSPS) is 21.5. The van der Waals surface area contributed by atoms with Crippen LogP contribution in [0.3, 0.4) is 0 Å².